The maximum atomic E-state index is 6.15. The molecule has 2 nitrogen and oxygen atoms in total. The Labute approximate surface area is 128 Å². The van der Waals surface area contributed by atoms with E-state index in [0.717, 1.165) is 44.7 Å². The molecule has 1 aromatic carbocycles. The highest BCUT2D eigenvalue weighted by molar-refractivity contribution is 5.18. The van der Waals surface area contributed by atoms with Gasteiger partial charge in [-0.25, -0.2) is 0 Å². The quantitative estimate of drug-likeness (QED) is 0.823. The van der Waals surface area contributed by atoms with E-state index in [2.05, 4.69) is 60.4 Å². The summed E-state index contributed by atoms with van der Waals surface area (Å²) in [6.07, 6.45) is 10.4. The zero-order chi connectivity index (χ0) is 14.5. The first-order chi connectivity index (χ1) is 10.3. The van der Waals surface area contributed by atoms with E-state index in [1.54, 1.807) is 0 Å². The molecule has 1 saturated heterocycles. The Balaban J connectivity index is 1.46. The van der Waals surface area contributed by atoms with Gasteiger partial charge in [-0.1, -0.05) is 43.3 Å². The molecule has 1 unspecified atom stereocenters. The molecule has 0 bridgehead atoms. The summed E-state index contributed by atoms with van der Waals surface area (Å²) in [4.78, 5) is 2.53. The second-order valence-corrected chi connectivity index (χ2v) is 6.26. The number of nitrogens with zero attached hydrogens (tertiary/aromatic N) is 1. The third-order valence-electron chi connectivity index (χ3n) is 4.33. The Bertz CT molecular complexity index is 498. The summed E-state index contributed by atoms with van der Waals surface area (Å²) in [5.41, 5.74) is 1.41. The lowest BCUT2D eigenvalue weighted by Gasteiger charge is -2.32. The van der Waals surface area contributed by atoms with Gasteiger partial charge < -0.3 is 4.74 Å². The third-order valence-corrected chi connectivity index (χ3v) is 4.33. The van der Waals surface area contributed by atoms with Crippen LogP contribution in [-0.4, -0.2) is 24.1 Å². The standard InChI is InChI=1S/C19H25NO/c1-16-6-5-9-19(14-16)21-18-10-12-20(13-11-18)15-17-7-3-2-4-8-17/h2-5,7-9,14,16,18H,6,10-13,15H2,1H3. The van der Waals surface area contributed by atoms with E-state index < -0.39 is 0 Å². The van der Waals surface area contributed by atoms with Crippen LogP contribution in [0, 0.1) is 5.92 Å². The molecule has 2 heteroatoms. The van der Waals surface area contributed by atoms with Crippen molar-refractivity contribution in [2.24, 2.45) is 5.92 Å². The monoisotopic (exact) mass is 283 g/mol. The molecule has 0 radical (unpaired) electrons. The molecule has 0 spiro atoms. The van der Waals surface area contributed by atoms with Gasteiger partial charge in [0, 0.05) is 19.6 Å². The normalized spacial score (nSPS) is 23.9. The first-order valence-electron chi connectivity index (χ1n) is 8.11. The van der Waals surface area contributed by atoms with E-state index in [9.17, 15) is 0 Å². The Morgan fingerprint density at radius 1 is 1.14 bits per heavy atom. The molecule has 1 aliphatic carbocycles. The van der Waals surface area contributed by atoms with Gasteiger partial charge in [0.2, 0.25) is 0 Å². The van der Waals surface area contributed by atoms with E-state index in [-0.39, 0.29) is 0 Å². The smallest absolute Gasteiger partial charge is 0.115 e. The minimum Gasteiger partial charge on any atom is -0.491 e. The number of likely N-dealkylation sites (tertiary alicyclic amines) is 1. The van der Waals surface area contributed by atoms with E-state index in [0.29, 0.717) is 12.0 Å². The van der Waals surface area contributed by atoms with Crippen molar-refractivity contribution in [2.45, 2.75) is 38.8 Å². The van der Waals surface area contributed by atoms with Crippen molar-refractivity contribution < 1.29 is 4.74 Å². The highest BCUT2D eigenvalue weighted by atomic mass is 16.5. The fourth-order valence-electron chi connectivity index (χ4n) is 3.10. The van der Waals surface area contributed by atoms with Gasteiger partial charge in [-0.3, -0.25) is 4.90 Å². The molecule has 21 heavy (non-hydrogen) atoms. The highest BCUT2D eigenvalue weighted by Crippen LogP contribution is 2.22. The summed E-state index contributed by atoms with van der Waals surface area (Å²) in [6, 6.07) is 10.7. The molecule has 1 heterocycles. The summed E-state index contributed by atoms with van der Waals surface area (Å²) >= 11 is 0. The lowest BCUT2D eigenvalue weighted by Crippen LogP contribution is -2.36. The predicted molar refractivity (Wildman–Crippen MR) is 86.8 cm³/mol. The van der Waals surface area contributed by atoms with Crippen LogP contribution in [0.1, 0.15) is 31.7 Å². The summed E-state index contributed by atoms with van der Waals surface area (Å²) in [5, 5.41) is 0. The fourth-order valence-corrected chi connectivity index (χ4v) is 3.10. The zero-order valence-corrected chi connectivity index (χ0v) is 12.9. The van der Waals surface area contributed by atoms with Crippen LogP contribution >= 0.6 is 0 Å². The molecule has 1 aliphatic heterocycles. The van der Waals surface area contributed by atoms with Crippen molar-refractivity contribution in [2.75, 3.05) is 13.1 Å². The fraction of sp³-hybridized carbons (Fsp3) is 0.474. The predicted octanol–water partition coefficient (Wildman–Crippen LogP) is 4.15. The topological polar surface area (TPSA) is 12.5 Å². The van der Waals surface area contributed by atoms with Gasteiger partial charge >= 0.3 is 0 Å². The van der Waals surface area contributed by atoms with Gasteiger partial charge in [0.15, 0.2) is 0 Å². The molecule has 0 saturated carbocycles. The van der Waals surface area contributed by atoms with E-state index in [1.807, 2.05) is 0 Å². The summed E-state index contributed by atoms with van der Waals surface area (Å²) in [6.45, 7) is 5.57. The molecule has 0 amide bonds. The molecule has 112 valence electrons. The maximum absolute atomic E-state index is 6.15. The summed E-state index contributed by atoms with van der Waals surface area (Å²) in [5.74, 6) is 1.69. The molecule has 1 atom stereocenters. The van der Waals surface area contributed by atoms with Gasteiger partial charge in [0.25, 0.3) is 0 Å². The number of hydrogen-bond acceptors (Lipinski definition) is 2. The second kappa shape index (κ2) is 6.95. The van der Waals surface area contributed by atoms with E-state index in [1.165, 1.54) is 5.56 Å². The van der Waals surface area contributed by atoms with Crippen LogP contribution in [0.15, 0.2) is 54.3 Å². The lowest BCUT2D eigenvalue weighted by molar-refractivity contribution is 0.0519. The van der Waals surface area contributed by atoms with Crippen LogP contribution < -0.4 is 0 Å². The second-order valence-electron chi connectivity index (χ2n) is 6.26. The largest absolute Gasteiger partial charge is 0.491 e. The Morgan fingerprint density at radius 3 is 2.62 bits per heavy atom. The average molecular weight is 283 g/mol. The van der Waals surface area contributed by atoms with Crippen LogP contribution in [0.3, 0.4) is 0 Å². The Morgan fingerprint density at radius 2 is 1.90 bits per heavy atom. The van der Waals surface area contributed by atoms with Gasteiger partial charge in [0.1, 0.15) is 11.9 Å². The molecule has 0 N–H and O–H groups in total. The van der Waals surface area contributed by atoms with Crippen molar-refractivity contribution in [1.82, 2.24) is 4.90 Å². The van der Waals surface area contributed by atoms with Crippen LogP contribution in [-0.2, 0) is 11.3 Å². The third kappa shape index (κ3) is 4.21. The Hall–Kier alpha value is -1.54. The number of rotatable bonds is 4. The van der Waals surface area contributed by atoms with E-state index >= 15 is 0 Å². The van der Waals surface area contributed by atoms with Crippen molar-refractivity contribution >= 4 is 0 Å². The summed E-state index contributed by atoms with van der Waals surface area (Å²) in [7, 11) is 0. The van der Waals surface area contributed by atoms with Crippen LogP contribution in [0.5, 0.6) is 0 Å². The number of piperidine rings is 1. The first kappa shape index (κ1) is 14.4. The van der Waals surface area contributed by atoms with Crippen LogP contribution in [0.4, 0.5) is 0 Å². The molecular formula is C19H25NO. The minimum atomic E-state index is 0.387. The molecule has 1 fully saturated rings. The van der Waals surface area contributed by atoms with Gasteiger partial charge in [-0.15, -0.1) is 0 Å². The number of allylic oxidation sites excluding steroid dienone is 3. The average Bonchev–Trinajstić information content (AvgIpc) is 2.50. The Kier molecular flexibility index (Phi) is 4.76. The van der Waals surface area contributed by atoms with Crippen LogP contribution in [0.25, 0.3) is 0 Å². The number of benzene rings is 1. The zero-order valence-electron chi connectivity index (χ0n) is 12.9. The maximum Gasteiger partial charge on any atom is 0.115 e. The molecule has 2 aliphatic rings. The molecule has 3 rings (SSSR count). The molecule has 1 aromatic rings. The van der Waals surface area contributed by atoms with Crippen molar-refractivity contribution in [1.29, 1.82) is 0 Å². The lowest BCUT2D eigenvalue weighted by atomic mass is 10.0. The van der Waals surface area contributed by atoms with Gasteiger partial charge in [0.05, 0.1) is 0 Å². The minimum absolute atomic E-state index is 0.387. The first-order valence-corrected chi connectivity index (χ1v) is 8.11. The van der Waals surface area contributed by atoms with Crippen molar-refractivity contribution in [3.8, 4) is 0 Å². The highest BCUT2D eigenvalue weighted by Gasteiger charge is 2.21. The number of hydrogen-bond donors (Lipinski definition) is 0. The summed E-state index contributed by atoms with van der Waals surface area (Å²) < 4.78 is 6.15. The SMILES string of the molecule is CC1C=C(OC2CCN(Cc3ccccc3)CC2)C=CC1. The van der Waals surface area contributed by atoms with Gasteiger partial charge in [-0.05, 0) is 42.9 Å². The van der Waals surface area contributed by atoms with Crippen molar-refractivity contribution in [3.05, 3.63) is 59.9 Å². The molecule has 0 aromatic heterocycles. The van der Waals surface area contributed by atoms with E-state index in [4.69, 9.17) is 4.74 Å². The van der Waals surface area contributed by atoms with Crippen molar-refractivity contribution in [3.63, 3.8) is 0 Å². The van der Waals surface area contributed by atoms with Gasteiger partial charge in [-0.2, -0.15) is 0 Å². The van der Waals surface area contributed by atoms with Crippen LogP contribution in [0.2, 0.25) is 0 Å². The number of ether oxygens (including phenoxy) is 1. The molecular weight excluding hydrogens is 258 g/mol.